The van der Waals surface area contributed by atoms with Gasteiger partial charge in [0.2, 0.25) is 0 Å². The van der Waals surface area contributed by atoms with Crippen molar-refractivity contribution in [3.8, 4) is 0 Å². The highest BCUT2D eigenvalue weighted by atomic mass is 19.1. The van der Waals surface area contributed by atoms with Crippen LogP contribution in [0.3, 0.4) is 0 Å². The van der Waals surface area contributed by atoms with Crippen molar-refractivity contribution >= 4 is 5.97 Å². The number of carbonyl (C=O) groups is 1. The van der Waals surface area contributed by atoms with Crippen LogP contribution in [0, 0.1) is 11.7 Å². The first kappa shape index (κ1) is 14.0. The fraction of sp³-hybridized carbons (Fsp3) is 0.533. The number of rotatable bonds is 7. The van der Waals surface area contributed by atoms with Gasteiger partial charge in [-0.1, -0.05) is 24.6 Å². The van der Waals surface area contributed by atoms with E-state index in [-0.39, 0.29) is 17.7 Å². The van der Waals surface area contributed by atoms with E-state index >= 15 is 0 Å². The van der Waals surface area contributed by atoms with Crippen molar-refractivity contribution in [2.45, 2.75) is 32.2 Å². The summed E-state index contributed by atoms with van der Waals surface area (Å²) in [6.07, 6.45) is 3.85. The van der Waals surface area contributed by atoms with Crippen LogP contribution in [0.2, 0.25) is 0 Å². The normalized spacial score (nSPS) is 15.0. The standard InChI is InChI=1S/C15H20FNO2/c16-14-8-2-1-5-13(14)11-17-9-4-10-19-15(18)12-6-3-7-12/h1-2,5,8,12,17H,3-4,6-7,9-11H2. The molecule has 0 atom stereocenters. The molecule has 104 valence electrons. The molecule has 1 fully saturated rings. The van der Waals surface area contributed by atoms with Gasteiger partial charge in [0, 0.05) is 12.1 Å². The highest BCUT2D eigenvalue weighted by Gasteiger charge is 2.26. The lowest BCUT2D eigenvalue weighted by Crippen LogP contribution is -2.25. The lowest BCUT2D eigenvalue weighted by molar-refractivity contribution is -0.151. The van der Waals surface area contributed by atoms with Crippen LogP contribution in [0.25, 0.3) is 0 Å². The second kappa shape index (κ2) is 7.24. The maximum Gasteiger partial charge on any atom is 0.308 e. The number of esters is 1. The Morgan fingerprint density at radius 3 is 2.84 bits per heavy atom. The monoisotopic (exact) mass is 265 g/mol. The number of nitrogens with one attached hydrogen (secondary N) is 1. The van der Waals surface area contributed by atoms with Gasteiger partial charge in [0.05, 0.1) is 12.5 Å². The average molecular weight is 265 g/mol. The van der Waals surface area contributed by atoms with Gasteiger partial charge >= 0.3 is 5.97 Å². The van der Waals surface area contributed by atoms with Gasteiger partial charge in [-0.25, -0.2) is 4.39 Å². The van der Waals surface area contributed by atoms with Crippen LogP contribution >= 0.6 is 0 Å². The third-order valence-corrected chi connectivity index (χ3v) is 3.45. The smallest absolute Gasteiger partial charge is 0.308 e. The first-order chi connectivity index (χ1) is 9.27. The minimum Gasteiger partial charge on any atom is -0.465 e. The van der Waals surface area contributed by atoms with E-state index in [1.807, 2.05) is 6.07 Å². The molecule has 1 N–H and O–H groups in total. The molecule has 3 nitrogen and oxygen atoms in total. The van der Waals surface area contributed by atoms with Gasteiger partial charge in [-0.2, -0.15) is 0 Å². The van der Waals surface area contributed by atoms with Crippen molar-refractivity contribution in [3.63, 3.8) is 0 Å². The van der Waals surface area contributed by atoms with Crippen molar-refractivity contribution in [2.24, 2.45) is 5.92 Å². The zero-order valence-corrected chi connectivity index (χ0v) is 11.0. The van der Waals surface area contributed by atoms with Gasteiger partial charge < -0.3 is 10.1 Å². The van der Waals surface area contributed by atoms with Crippen molar-refractivity contribution < 1.29 is 13.9 Å². The van der Waals surface area contributed by atoms with E-state index in [0.717, 1.165) is 25.7 Å². The topological polar surface area (TPSA) is 38.3 Å². The summed E-state index contributed by atoms with van der Waals surface area (Å²) in [4.78, 5) is 11.4. The molecule has 0 amide bonds. The Balaban J connectivity index is 1.52. The number of hydrogen-bond donors (Lipinski definition) is 1. The van der Waals surface area contributed by atoms with Crippen LogP contribution in [0.15, 0.2) is 24.3 Å². The van der Waals surface area contributed by atoms with Crippen LogP contribution in [0.5, 0.6) is 0 Å². The molecule has 0 aromatic heterocycles. The summed E-state index contributed by atoms with van der Waals surface area (Å²) >= 11 is 0. The van der Waals surface area contributed by atoms with E-state index in [1.165, 1.54) is 6.07 Å². The number of hydrogen-bond acceptors (Lipinski definition) is 3. The van der Waals surface area contributed by atoms with E-state index in [9.17, 15) is 9.18 Å². The average Bonchev–Trinajstić information content (AvgIpc) is 2.33. The van der Waals surface area contributed by atoms with Crippen LogP contribution < -0.4 is 5.32 Å². The molecule has 1 aromatic rings. The summed E-state index contributed by atoms with van der Waals surface area (Å²) in [5.41, 5.74) is 0.661. The van der Waals surface area contributed by atoms with Crippen LogP contribution in [-0.4, -0.2) is 19.1 Å². The first-order valence-corrected chi connectivity index (χ1v) is 6.88. The summed E-state index contributed by atoms with van der Waals surface area (Å²) in [5.74, 6) is -0.0989. The van der Waals surface area contributed by atoms with Gasteiger partial charge in [0.1, 0.15) is 5.82 Å². The minimum atomic E-state index is -0.189. The van der Waals surface area contributed by atoms with Crippen molar-refractivity contribution in [2.75, 3.05) is 13.2 Å². The molecule has 1 saturated carbocycles. The largest absolute Gasteiger partial charge is 0.465 e. The molecule has 1 aliphatic carbocycles. The molecule has 2 rings (SSSR count). The number of halogens is 1. The molecule has 0 aliphatic heterocycles. The zero-order chi connectivity index (χ0) is 13.5. The Labute approximate surface area is 113 Å². The zero-order valence-electron chi connectivity index (χ0n) is 11.0. The summed E-state index contributed by atoms with van der Waals surface area (Å²) in [7, 11) is 0. The molecule has 0 spiro atoms. The van der Waals surface area contributed by atoms with Crippen molar-refractivity contribution in [1.29, 1.82) is 0 Å². The van der Waals surface area contributed by atoms with Crippen LogP contribution in [-0.2, 0) is 16.1 Å². The summed E-state index contributed by atoms with van der Waals surface area (Å²) < 4.78 is 18.5. The van der Waals surface area contributed by atoms with Crippen molar-refractivity contribution in [3.05, 3.63) is 35.6 Å². The minimum absolute atomic E-state index is 0.0552. The highest BCUT2D eigenvalue weighted by molar-refractivity contribution is 5.73. The molecule has 0 radical (unpaired) electrons. The third-order valence-electron chi connectivity index (χ3n) is 3.45. The Bertz CT molecular complexity index is 418. The second-order valence-corrected chi connectivity index (χ2v) is 4.92. The van der Waals surface area contributed by atoms with E-state index in [0.29, 0.717) is 25.3 Å². The molecule has 1 aromatic carbocycles. The van der Waals surface area contributed by atoms with Gasteiger partial charge in [0.15, 0.2) is 0 Å². The molecular weight excluding hydrogens is 245 g/mol. The van der Waals surface area contributed by atoms with E-state index in [4.69, 9.17) is 4.74 Å². The van der Waals surface area contributed by atoms with E-state index in [2.05, 4.69) is 5.32 Å². The van der Waals surface area contributed by atoms with Crippen molar-refractivity contribution in [1.82, 2.24) is 5.32 Å². The Hall–Kier alpha value is -1.42. The maximum absolute atomic E-state index is 13.3. The summed E-state index contributed by atoms with van der Waals surface area (Å²) in [5, 5.41) is 3.14. The molecule has 1 aliphatic rings. The summed E-state index contributed by atoms with van der Waals surface area (Å²) in [6, 6.07) is 6.72. The molecule has 4 heteroatoms. The number of carbonyl (C=O) groups excluding carboxylic acids is 1. The Morgan fingerprint density at radius 2 is 2.16 bits per heavy atom. The van der Waals surface area contributed by atoms with E-state index in [1.54, 1.807) is 12.1 Å². The summed E-state index contributed by atoms with van der Waals surface area (Å²) in [6.45, 7) is 1.66. The molecule has 0 unspecified atom stereocenters. The van der Waals surface area contributed by atoms with E-state index < -0.39 is 0 Å². The Kier molecular flexibility index (Phi) is 5.33. The Morgan fingerprint density at radius 1 is 1.37 bits per heavy atom. The molecule has 19 heavy (non-hydrogen) atoms. The van der Waals surface area contributed by atoms with Gasteiger partial charge in [-0.05, 0) is 31.9 Å². The third kappa shape index (κ3) is 4.31. The number of benzene rings is 1. The number of ether oxygens (including phenoxy) is 1. The van der Waals surface area contributed by atoms with Gasteiger partial charge in [-0.3, -0.25) is 4.79 Å². The molecule has 0 saturated heterocycles. The lowest BCUT2D eigenvalue weighted by atomic mass is 9.86. The van der Waals surface area contributed by atoms with Gasteiger partial charge in [0.25, 0.3) is 0 Å². The SMILES string of the molecule is O=C(OCCCNCc1ccccc1F)C1CCC1. The first-order valence-electron chi connectivity index (χ1n) is 6.88. The van der Waals surface area contributed by atoms with Gasteiger partial charge in [-0.15, -0.1) is 0 Å². The fourth-order valence-corrected chi connectivity index (χ4v) is 2.00. The lowest BCUT2D eigenvalue weighted by Gasteiger charge is -2.23. The maximum atomic E-state index is 13.3. The molecule has 0 bridgehead atoms. The second-order valence-electron chi connectivity index (χ2n) is 4.92. The highest BCUT2D eigenvalue weighted by Crippen LogP contribution is 2.27. The fourth-order valence-electron chi connectivity index (χ4n) is 2.00. The molecular formula is C15H20FNO2. The predicted octanol–water partition coefficient (Wildman–Crippen LogP) is 2.65. The van der Waals surface area contributed by atoms with Crippen LogP contribution in [0.4, 0.5) is 4.39 Å². The molecule has 0 heterocycles. The quantitative estimate of drug-likeness (QED) is 0.608. The predicted molar refractivity (Wildman–Crippen MR) is 71.0 cm³/mol. The van der Waals surface area contributed by atoms with Crippen LogP contribution in [0.1, 0.15) is 31.2 Å².